The van der Waals surface area contributed by atoms with Crippen molar-refractivity contribution in [1.29, 1.82) is 0 Å². The van der Waals surface area contributed by atoms with Crippen LogP contribution in [0.3, 0.4) is 0 Å². The Labute approximate surface area is 205 Å². The standard InChI is InChI=1S/C28H27Cl2N3/c29-23-10-8-22(9-11-23)28(32-26-14-15-31-27-18-24(30)12-13-25(26)27)21-6-4-20(5-7-21)19-33-16-2-1-3-17-33/h4-15,18,28H,1-3,16-17,19H2,(H,31,32). The first-order chi connectivity index (χ1) is 16.2. The third-order valence-corrected chi connectivity index (χ3v) is 6.86. The maximum absolute atomic E-state index is 6.19. The first-order valence-corrected chi connectivity index (χ1v) is 12.3. The summed E-state index contributed by atoms with van der Waals surface area (Å²) >= 11 is 12.4. The van der Waals surface area contributed by atoms with Gasteiger partial charge in [0, 0.05) is 33.9 Å². The molecule has 168 valence electrons. The Morgan fingerprint density at radius 2 is 1.45 bits per heavy atom. The number of anilines is 1. The zero-order chi connectivity index (χ0) is 22.6. The molecule has 1 atom stereocenters. The number of nitrogens with zero attached hydrogens (tertiary/aromatic N) is 2. The maximum atomic E-state index is 6.19. The van der Waals surface area contributed by atoms with E-state index in [1.165, 1.54) is 43.5 Å². The number of likely N-dealkylation sites (tertiary alicyclic amines) is 1. The van der Waals surface area contributed by atoms with E-state index in [4.69, 9.17) is 23.2 Å². The number of fused-ring (bicyclic) bond motifs is 1. The summed E-state index contributed by atoms with van der Waals surface area (Å²) in [6.45, 7) is 3.43. The molecule has 1 fully saturated rings. The molecular weight excluding hydrogens is 449 g/mol. The first kappa shape index (κ1) is 22.2. The molecule has 1 unspecified atom stereocenters. The SMILES string of the molecule is Clc1ccc(C(Nc2ccnc3cc(Cl)ccc23)c2ccc(CN3CCCCC3)cc2)cc1. The van der Waals surface area contributed by atoms with Gasteiger partial charge in [-0.1, -0.05) is 66.0 Å². The zero-order valence-corrected chi connectivity index (χ0v) is 20.0. The lowest BCUT2D eigenvalue weighted by Gasteiger charge is -2.27. The van der Waals surface area contributed by atoms with E-state index in [-0.39, 0.29) is 6.04 Å². The molecule has 1 aromatic heterocycles. The minimum absolute atomic E-state index is 0.0208. The summed E-state index contributed by atoms with van der Waals surface area (Å²) in [5.41, 5.74) is 5.62. The number of piperidine rings is 1. The van der Waals surface area contributed by atoms with Crippen molar-refractivity contribution in [3.8, 4) is 0 Å². The second kappa shape index (κ2) is 10.1. The first-order valence-electron chi connectivity index (χ1n) is 11.5. The lowest BCUT2D eigenvalue weighted by molar-refractivity contribution is 0.221. The van der Waals surface area contributed by atoms with Gasteiger partial charge in [-0.25, -0.2) is 0 Å². The predicted molar refractivity (Wildman–Crippen MR) is 139 cm³/mol. The summed E-state index contributed by atoms with van der Waals surface area (Å²) < 4.78 is 0. The van der Waals surface area contributed by atoms with Crippen molar-refractivity contribution in [2.24, 2.45) is 0 Å². The third-order valence-electron chi connectivity index (χ3n) is 6.38. The average Bonchev–Trinajstić information content (AvgIpc) is 2.84. The van der Waals surface area contributed by atoms with Crippen LogP contribution in [0, 0.1) is 0 Å². The summed E-state index contributed by atoms with van der Waals surface area (Å²) in [4.78, 5) is 7.04. The van der Waals surface area contributed by atoms with Crippen LogP contribution in [0.15, 0.2) is 79.0 Å². The summed E-state index contributed by atoms with van der Waals surface area (Å²) in [7, 11) is 0. The molecule has 4 aromatic rings. The molecule has 0 amide bonds. The molecule has 3 aromatic carbocycles. The summed E-state index contributed by atoms with van der Waals surface area (Å²) in [6, 6.07) is 24.9. The number of hydrogen-bond donors (Lipinski definition) is 1. The van der Waals surface area contributed by atoms with Crippen LogP contribution < -0.4 is 5.32 Å². The third kappa shape index (κ3) is 5.33. The van der Waals surface area contributed by atoms with Crippen LogP contribution in [0.25, 0.3) is 10.9 Å². The van der Waals surface area contributed by atoms with Gasteiger partial charge in [0.2, 0.25) is 0 Å². The van der Waals surface area contributed by atoms with Crippen LogP contribution in [0.5, 0.6) is 0 Å². The van der Waals surface area contributed by atoms with E-state index in [1.54, 1.807) is 0 Å². The highest BCUT2D eigenvalue weighted by atomic mass is 35.5. The second-order valence-corrected chi connectivity index (χ2v) is 9.60. The molecule has 33 heavy (non-hydrogen) atoms. The van der Waals surface area contributed by atoms with E-state index in [9.17, 15) is 0 Å². The molecule has 0 radical (unpaired) electrons. The molecule has 0 bridgehead atoms. The smallest absolute Gasteiger partial charge is 0.0767 e. The summed E-state index contributed by atoms with van der Waals surface area (Å²) in [5.74, 6) is 0. The van der Waals surface area contributed by atoms with Crippen molar-refractivity contribution in [3.05, 3.63) is 106 Å². The molecule has 0 spiro atoms. The van der Waals surface area contributed by atoms with Gasteiger partial charge in [-0.15, -0.1) is 0 Å². The van der Waals surface area contributed by atoms with Gasteiger partial charge in [-0.3, -0.25) is 9.88 Å². The van der Waals surface area contributed by atoms with E-state index in [0.717, 1.165) is 33.7 Å². The van der Waals surface area contributed by atoms with Crippen molar-refractivity contribution < 1.29 is 0 Å². The molecule has 1 aliphatic heterocycles. The monoisotopic (exact) mass is 475 g/mol. The molecule has 2 heterocycles. The number of aromatic nitrogens is 1. The van der Waals surface area contributed by atoms with Crippen molar-refractivity contribution in [3.63, 3.8) is 0 Å². The molecule has 1 N–H and O–H groups in total. The van der Waals surface area contributed by atoms with Crippen LogP contribution in [0.2, 0.25) is 10.0 Å². The fourth-order valence-corrected chi connectivity index (χ4v) is 4.90. The number of benzene rings is 3. The quantitative estimate of drug-likeness (QED) is 0.309. The predicted octanol–water partition coefficient (Wildman–Crippen LogP) is 7.73. The Morgan fingerprint density at radius 3 is 2.18 bits per heavy atom. The highest BCUT2D eigenvalue weighted by molar-refractivity contribution is 6.31. The zero-order valence-electron chi connectivity index (χ0n) is 18.5. The molecule has 1 aliphatic rings. The average molecular weight is 476 g/mol. The Bertz CT molecular complexity index is 1220. The van der Waals surface area contributed by atoms with E-state index < -0.39 is 0 Å². The van der Waals surface area contributed by atoms with E-state index in [1.807, 2.05) is 42.6 Å². The van der Waals surface area contributed by atoms with Crippen LogP contribution in [0.4, 0.5) is 5.69 Å². The Balaban J connectivity index is 1.46. The molecule has 0 saturated carbocycles. The van der Waals surface area contributed by atoms with E-state index >= 15 is 0 Å². The number of pyridine rings is 1. The highest BCUT2D eigenvalue weighted by Crippen LogP contribution is 2.32. The van der Waals surface area contributed by atoms with Crippen molar-refractivity contribution in [2.45, 2.75) is 31.8 Å². The fourth-order valence-electron chi connectivity index (χ4n) is 4.61. The van der Waals surface area contributed by atoms with Crippen molar-refractivity contribution in [1.82, 2.24) is 9.88 Å². The number of rotatable bonds is 6. The number of hydrogen-bond acceptors (Lipinski definition) is 3. The molecule has 3 nitrogen and oxygen atoms in total. The summed E-state index contributed by atoms with van der Waals surface area (Å²) in [6.07, 6.45) is 5.80. The van der Waals surface area contributed by atoms with Crippen LogP contribution >= 0.6 is 23.2 Å². The largest absolute Gasteiger partial charge is 0.374 e. The van der Waals surface area contributed by atoms with Gasteiger partial charge >= 0.3 is 0 Å². The normalized spacial score (nSPS) is 15.5. The van der Waals surface area contributed by atoms with Gasteiger partial charge in [0.15, 0.2) is 0 Å². The minimum atomic E-state index is -0.0208. The van der Waals surface area contributed by atoms with E-state index in [0.29, 0.717) is 5.02 Å². The second-order valence-electron chi connectivity index (χ2n) is 8.73. The van der Waals surface area contributed by atoms with Crippen molar-refractivity contribution in [2.75, 3.05) is 18.4 Å². The van der Waals surface area contributed by atoms with Crippen LogP contribution in [0.1, 0.15) is 42.0 Å². The number of nitrogens with one attached hydrogen (secondary N) is 1. The fraction of sp³-hybridized carbons (Fsp3) is 0.250. The molecule has 5 rings (SSSR count). The summed E-state index contributed by atoms with van der Waals surface area (Å²) in [5, 5.41) is 6.22. The minimum Gasteiger partial charge on any atom is -0.374 e. The highest BCUT2D eigenvalue weighted by Gasteiger charge is 2.17. The van der Waals surface area contributed by atoms with E-state index in [2.05, 4.69) is 51.6 Å². The van der Waals surface area contributed by atoms with Gasteiger partial charge in [0.25, 0.3) is 0 Å². The molecule has 5 heteroatoms. The maximum Gasteiger partial charge on any atom is 0.0767 e. The van der Waals surface area contributed by atoms with Gasteiger partial charge in [0.05, 0.1) is 11.6 Å². The lowest BCUT2D eigenvalue weighted by Crippen LogP contribution is -2.29. The topological polar surface area (TPSA) is 28.2 Å². The molecular formula is C28H27Cl2N3. The van der Waals surface area contributed by atoms with Crippen LogP contribution in [-0.4, -0.2) is 23.0 Å². The van der Waals surface area contributed by atoms with Gasteiger partial charge < -0.3 is 5.32 Å². The number of halogens is 2. The molecule has 0 aliphatic carbocycles. The van der Waals surface area contributed by atoms with Gasteiger partial charge in [0.1, 0.15) is 0 Å². The Morgan fingerprint density at radius 1 is 0.788 bits per heavy atom. The molecule has 1 saturated heterocycles. The Hall–Kier alpha value is -2.59. The van der Waals surface area contributed by atoms with Crippen molar-refractivity contribution >= 4 is 39.8 Å². The Kier molecular flexibility index (Phi) is 6.82. The van der Waals surface area contributed by atoms with Gasteiger partial charge in [-0.2, -0.15) is 0 Å². The van der Waals surface area contributed by atoms with Crippen LogP contribution in [-0.2, 0) is 6.54 Å². The van der Waals surface area contributed by atoms with Gasteiger partial charge in [-0.05, 0) is 79.0 Å². The lowest BCUT2D eigenvalue weighted by atomic mass is 9.96.